The number of halogens is 2. The summed E-state index contributed by atoms with van der Waals surface area (Å²) in [6.07, 6.45) is -2.38. The number of nitrogens with one attached hydrogen (secondary N) is 2. The SMILES string of the molecule is CC(NCc1nn[nH]n1)C(F)F. The third-order valence-corrected chi connectivity index (χ3v) is 1.35. The largest absolute Gasteiger partial charge is 0.302 e. The van der Waals surface area contributed by atoms with Crippen LogP contribution in [-0.2, 0) is 6.54 Å². The predicted octanol–water partition coefficient (Wildman–Crippen LogP) is -0.0571. The highest BCUT2D eigenvalue weighted by molar-refractivity contribution is 4.76. The summed E-state index contributed by atoms with van der Waals surface area (Å²) in [5.74, 6) is 0.377. The molecule has 1 heterocycles. The van der Waals surface area contributed by atoms with E-state index >= 15 is 0 Å². The van der Waals surface area contributed by atoms with Gasteiger partial charge in [0.2, 0.25) is 0 Å². The van der Waals surface area contributed by atoms with Gasteiger partial charge in [0.05, 0.1) is 12.6 Å². The Bertz CT molecular complexity index is 212. The van der Waals surface area contributed by atoms with E-state index in [-0.39, 0.29) is 6.54 Å². The molecular weight excluding hydrogens is 168 g/mol. The van der Waals surface area contributed by atoms with Crippen molar-refractivity contribution in [3.8, 4) is 0 Å². The first kappa shape index (κ1) is 8.98. The van der Waals surface area contributed by atoms with Crippen LogP contribution in [0.25, 0.3) is 0 Å². The maximum absolute atomic E-state index is 11.9. The molecule has 0 aliphatic rings. The molecule has 0 aliphatic carbocycles. The molecule has 1 unspecified atom stereocenters. The predicted molar refractivity (Wildman–Crippen MR) is 36.5 cm³/mol. The Hall–Kier alpha value is -1.11. The van der Waals surface area contributed by atoms with Gasteiger partial charge in [-0.3, -0.25) is 0 Å². The molecule has 0 bridgehead atoms. The Labute approximate surface area is 67.5 Å². The third kappa shape index (κ3) is 2.50. The molecule has 0 spiro atoms. The van der Waals surface area contributed by atoms with Crippen molar-refractivity contribution in [2.45, 2.75) is 25.9 Å². The van der Waals surface area contributed by atoms with Gasteiger partial charge in [-0.05, 0) is 6.92 Å². The molecule has 0 aliphatic heterocycles. The van der Waals surface area contributed by atoms with Gasteiger partial charge in [0.1, 0.15) is 0 Å². The summed E-state index contributed by atoms with van der Waals surface area (Å²) >= 11 is 0. The number of H-pyrrole nitrogens is 1. The van der Waals surface area contributed by atoms with Gasteiger partial charge >= 0.3 is 0 Å². The number of aromatic nitrogens is 4. The van der Waals surface area contributed by atoms with E-state index in [0.717, 1.165) is 0 Å². The van der Waals surface area contributed by atoms with Crippen LogP contribution < -0.4 is 5.32 Å². The van der Waals surface area contributed by atoms with Gasteiger partial charge in [-0.1, -0.05) is 5.21 Å². The lowest BCUT2D eigenvalue weighted by Crippen LogP contribution is -2.32. The molecule has 5 nitrogen and oxygen atoms in total. The quantitative estimate of drug-likeness (QED) is 0.676. The molecule has 0 radical (unpaired) electrons. The summed E-state index contributed by atoms with van der Waals surface area (Å²) in [6, 6.07) is -0.858. The van der Waals surface area contributed by atoms with Crippen molar-refractivity contribution in [3.63, 3.8) is 0 Å². The van der Waals surface area contributed by atoms with Crippen LogP contribution in [0.3, 0.4) is 0 Å². The zero-order valence-corrected chi connectivity index (χ0v) is 6.46. The maximum atomic E-state index is 11.9. The van der Waals surface area contributed by atoms with Crippen molar-refractivity contribution in [2.75, 3.05) is 0 Å². The molecule has 1 aromatic rings. The molecule has 68 valence electrons. The Morgan fingerprint density at radius 3 is 2.83 bits per heavy atom. The molecule has 0 saturated carbocycles. The van der Waals surface area contributed by atoms with E-state index < -0.39 is 12.5 Å². The van der Waals surface area contributed by atoms with Crippen molar-refractivity contribution in [2.24, 2.45) is 0 Å². The van der Waals surface area contributed by atoms with Crippen molar-refractivity contribution in [3.05, 3.63) is 5.82 Å². The number of rotatable bonds is 4. The molecule has 0 aromatic carbocycles. The fraction of sp³-hybridized carbons (Fsp3) is 0.800. The second-order valence-electron chi connectivity index (χ2n) is 2.33. The van der Waals surface area contributed by atoms with Gasteiger partial charge in [0, 0.05) is 0 Å². The van der Waals surface area contributed by atoms with Crippen LogP contribution in [0.1, 0.15) is 12.7 Å². The van der Waals surface area contributed by atoms with Crippen LogP contribution >= 0.6 is 0 Å². The lowest BCUT2D eigenvalue weighted by molar-refractivity contribution is 0.105. The van der Waals surface area contributed by atoms with E-state index in [9.17, 15) is 8.78 Å². The van der Waals surface area contributed by atoms with Gasteiger partial charge in [-0.2, -0.15) is 5.21 Å². The lowest BCUT2D eigenvalue weighted by Gasteiger charge is -2.09. The van der Waals surface area contributed by atoms with Crippen molar-refractivity contribution >= 4 is 0 Å². The van der Waals surface area contributed by atoms with Gasteiger partial charge in [-0.25, -0.2) is 8.78 Å². The number of tetrazole rings is 1. The Morgan fingerprint density at radius 2 is 2.33 bits per heavy atom. The first-order valence-electron chi connectivity index (χ1n) is 3.44. The van der Waals surface area contributed by atoms with Crippen LogP contribution in [-0.4, -0.2) is 33.1 Å². The Morgan fingerprint density at radius 1 is 1.58 bits per heavy atom. The van der Waals surface area contributed by atoms with E-state index in [4.69, 9.17) is 0 Å². The summed E-state index contributed by atoms with van der Waals surface area (Å²) in [6.45, 7) is 1.59. The van der Waals surface area contributed by atoms with E-state index in [1.165, 1.54) is 6.92 Å². The minimum Gasteiger partial charge on any atom is -0.302 e. The molecule has 0 amide bonds. The molecule has 7 heteroatoms. The highest BCUT2D eigenvalue weighted by atomic mass is 19.3. The van der Waals surface area contributed by atoms with Crippen molar-refractivity contribution in [1.29, 1.82) is 0 Å². The van der Waals surface area contributed by atoms with E-state index in [1.807, 2.05) is 0 Å². The first-order valence-corrected chi connectivity index (χ1v) is 3.44. The maximum Gasteiger partial charge on any atom is 0.253 e. The average Bonchev–Trinajstić information content (AvgIpc) is 2.51. The Balaban J connectivity index is 2.27. The molecular formula is C5H9F2N5. The highest BCUT2D eigenvalue weighted by Gasteiger charge is 2.13. The standard InChI is InChI=1S/C5H9F2N5/c1-3(5(6)7)8-2-4-9-11-12-10-4/h3,5,8H,2H2,1H3,(H,9,10,11,12). The zero-order chi connectivity index (χ0) is 8.97. The molecule has 1 atom stereocenters. The van der Waals surface area contributed by atoms with E-state index in [1.54, 1.807) is 0 Å². The van der Waals surface area contributed by atoms with Gasteiger partial charge in [0.15, 0.2) is 5.82 Å². The summed E-state index contributed by atoms with van der Waals surface area (Å²) in [4.78, 5) is 0. The van der Waals surface area contributed by atoms with Crippen molar-refractivity contribution < 1.29 is 8.78 Å². The molecule has 2 N–H and O–H groups in total. The minimum atomic E-state index is -2.38. The van der Waals surface area contributed by atoms with Crippen LogP contribution in [0, 0.1) is 0 Å². The summed E-state index contributed by atoms with van der Waals surface area (Å²) < 4.78 is 23.9. The van der Waals surface area contributed by atoms with Gasteiger partial charge in [-0.15, -0.1) is 10.2 Å². The smallest absolute Gasteiger partial charge is 0.253 e. The molecule has 0 saturated heterocycles. The average molecular weight is 177 g/mol. The highest BCUT2D eigenvalue weighted by Crippen LogP contribution is 1.99. The lowest BCUT2D eigenvalue weighted by atomic mass is 10.3. The fourth-order valence-electron chi connectivity index (χ4n) is 0.599. The van der Waals surface area contributed by atoms with Crippen molar-refractivity contribution in [1.82, 2.24) is 25.9 Å². The Kier molecular flexibility index (Phi) is 3.03. The molecule has 0 fully saturated rings. The first-order chi connectivity index (χ1) is 5.70. The molecule has 1 rings (SSSR count). The minimum absolute atomic E-state index is 0.196. The van der Waals surface area contributed by atoms with Crippen LogP contribution in [0.4, 0.5) is 8.78 Å². The summed E-state index contributed by atoms with van der Waals surface area (Å²) in [7, 11) is 0. The second-order valence-corrected chi connectivity index (χ2v) is 2.33. The fourth-order valence-corrected chi connectivity index (χ4v) is 0.599. The number of hydrogen-bond donors (Lipinski definition) is 2. The van der Waals surface area contributed by atoms with Gasteiger partial charge in [0.25, 0.3) is 6.43 Å². The normalized spacial score (nSPS) is 13.7. The van der Waals surface area contributed by atoms with Gasteiger partial charge < -0.3 is 5.32 Å². The van der Waals surface area contributed by atoms with Crippen LogP contribution in [0.2, 0.25) is 0 Å². The second kappa shape index (κ2) is 4.05. The molecule has 12 heavy (non-hydrogen) atoms. The number of alkyl halides is 2. The topological polar surface area (TPSA) is 66.5 Å². The van der Waals surface area contributed by atoms with Crippen LogP contribution in [0.5, 0.6) is 0 Å². The number of nitrogens with zero attached hydrogens (tertiary/aromatic N) is 3. The zero-order valence-electron chi connectivity index (χ0n) is 6.46. The third-order valence-electron chi connectivity index (χ3n) is 1.35. The number of hydrogen-bond acceptors (Lipinski definition) is 4. The number of aromatic amines is 1. The summed E-state index contributed by atoms with van der Waals surface area (Å²) in [5, 5.41) is 15.2. The van der Waals surface area contributed by atoms with E-state index in [0.29, 0.717) is 5.82 Å². The molecule has 1 aromatic heterocycles. The monoisotopic (exact) mass is 177 g/mol. The van der Waals surface area contributed by atoms with Crippen LogP contribution in [0.15, 0.2) is 0 Å². The summed E-state index contributed by atoms with van der Waals surface area (Å²) in [5.41, 5.74) is 0. The van der Waals surface area contributed by atoms with E-state index in [2.05, 4.69) is 25.9 Å².